The highest BCUT2D eigenvalue weighted by molar-refractivity contribution is 6.01. The number of carboxylic acids is 1. The molecule has 8 nitrogen and oxygen atoms in total. The number of rotatable bonds is 6. The first-order valence-electron chi connectivity index (χ1n) is 10.4. The van der Waals surface area contributed by atoms with Crippen molar-refractivity contribution in [2.75, 3.05) is 26.8 Å². The maximum Gasteiger partial charge on any atom is 0.410 e. The molecule has 1 aromatic heterocycles. The van der Waals surface area contributed by atoms with Crippen LogP contribution in [0, 0.1) is 0 Å². The molecule has 2 heterocycles. The summed E-state index contributed by atoms with van der Waals surface area (Å²) in [4.78, 5) is 30.9. The van der Waals surface area contributed by atoms with E-state index in [0.717, 1.165) is 25.1 Å². The number of piperidine rings is 1. The number of aromatic nitrogens is 2. The standard InChI is InChI=1S/C22H31N3O5/c1-22(2,3)30-21(28)24-11-6-8-15(14-24)19-23-17-10-5-9-16(20(26)27)18(17)25(19)12-7-13-29-4/h5,9-10,15H,6-8,11-14H2,1-4H3,(H,26,27). The monoisotopic (exact) mass is 417 g/mol. The van der Waals surface area contributed by atoms with Crippen molar-refractivity contribution in [1.29, 1.82) is 0 Å². The van der Waals surface area contributed by atoms with Gasteiger partial charge in [-0.2, -0.15) is 0 Å². The van der Waals surface area contributed by atoms with Gasteiger partial charge in [-0.3, -0.25) is 0 Å². The van der Waals surface area contributed by atoms with E-state index in [9.17, 15) is 14.7 Å². The maximum absolute atomic E-state index is 12.6. The number of likely N-dealkylation sites (tertiary alicyclic amines) is 1. The topological polar surface area (TPSA) is 93.9 Å². The Labute approximate surface area is 176 Å². The van der Waals surface area contributed by atoms with Gasteiger partial charge < -0.3 is 24.0 Å². The van der Waals surface area contributed by atoms with Crippen LogP contribution in [0.1, 0.15) is 62.1 Å². The number of imidazole rings is 1. The molecule has 164 valence electrons. The summed E-state index contributed by atoms with van der Waals surface area (Å²) in [6.45, 7) is 7.90. The molecule has 0 radical (unpaired) electrons. The van der Waals surface area contributed by atoms with Crippen LogP contribution in [0.25, 0.3) is 11.0 Å². The molecule has 0 saturated carbocycles. The second-order valence-corrected chi connectivity index (χ2v) is 8.71. The summed E-state index contributed by atoms with van der Waals surface area (Å²) in [5.41, 5.74) is 0.985. The number of ether oxygens (including phenoxy) is 2. The highest BCUT2D eigenvalue weighted by Gasteiger charge is 2.31. The third-order valence-corrected chi connectivity index (χ3v) is 5.20. The average molecular weight is 418 g/mol. The predicted octanol–water partition coefficient (Wildman–Crippen LogP) is 3.89. The van der Waals surface area contributed by atoms with Crippen LogP contribution < -0.4 is 0 Å². The molecular formula is C22H31N3O5. The SMILES string of the molecule is COCCCn1c(C2CCCN(C(=O)OC(C)(C)C)C2)nc2cccc(C(=O)O)c21. The van der Waals surface area contributed by atoms with E-state index < -0.39 is 11.6 Å². The van der Waals surface area contributed by atoms with E-state index in [-0.39, 0.29) is 17.6 Å². The molecule has 1 amide bonds. The number of methoxy groups -OCH3 is 1. The van der Waals surface area contributed by atoms with Crippen molar-refractivity contribution < 1.29 is 24.2 Å². The number of aryl methyl sites for hydroxylation is 1. The second-order valence-electron chi connectivity index (χ2n) is 8.71. The van der Waals surface area contributed by atoms with Crippen molar-refractivity contribution in [2.45, 2.75) is 58.1 Å². The lowest BCUT2D eigenvalue weighted by Gasteiger charge is -2.34. The summed E-state index contributed by atoms with van der Waals surface area (Å²) >= 11 is 0. The predicted molar refractivity (Wildman–Crippen MR) is 113 cm³/mol. The number of para-hydroxylation sites is 1. The highest BCUT2D eigenvalue weighted by atomic mass is 16.6. The maximum atomic E-state index is 12.6. The summed E-state index contributed by atoms with van der Waals surface area (Å²) in [5.74, 6) is -0.134. The molecule has 3 rings (SSSR count). The Hall–Kier alpha value is -2.61. The molecule has 0 spiro atoms. The number of carboxylic acid groups (broad SMARTS) is 1. The molecule has 0 bridgehead atoms. The van der Waals surface area contributed by atoms with E-state index >= 15 is 0 Å². The summed E-state index contributed by atoms with van der Waals surface area (Å²) in [6, 6.07) is 5.17. The average Bonchev–Trinajstić information content (AvgIpc) is 3.05. The molecule has 1 unspecified atom stereocenters. The number of fused-ring (bicyclic) bond motifs is 1. The van der Waals surface area contributed by atoms with Gasteiger partial charge >= 0.3 is 12.1 Å². The van der Waals surface area contributed by atoms with Gasteiger partial charge in [0, 0.05) is 39.3 Å². The number of carbonyl (C=O) groups is 2. The molecule has 2 aromatic rings. The van der Waals surface area contributed by atoms with Crippen LogP contribution in [-0.4, -0.2) is 64.0 Å². The Bertz CT molecular complexity index is 915. The normalized spacial score (nSPS) is 17.3. The Morgan fingerprint density at radius 1 is 1.30 bits per heavy atom. The minimum absolute atomic E-state index is 0.0165. The van der Waals surface area contributed by atoms with E-state index in [4.69, 9.17) is 14.5 Å². The minimum atomic E-state index is -0.973. The largest absolute Gasteiger partial charge is 0.478 e. The zero-order chi connectivity index (χ0) is 21.9. The Morgan fingerprint density at radius 3 is 2.73 bits per heavy atom. The Kier molecular flexibility index (Phi) is 6.65. The lowest BCUT2D eigenvalue weighted by Crippen LogP contribution is -2.42. The first kappa shape index (κ1) is 22.1. The number of aromatic carboxylic acids is 1. The van der Waals surface area contributed by atoms with Crippen LogP contribution >= 0.6 is 0 Å². The Balaban J connectivity index is 1.95. The minimum Gasteiger partial charge on any atom is -0.478 e. The van der Waals surface area contributed by atoms with Gasteiger partial charge in [-0.25, -0.2) is 14.6 Å². The second kappa shape index (κ2) is 9.04. The number of hydrogen-bond donors (Lipinski definition) is 1. The van der Waals surface area contributed by atoms with E-state index in [1.807, 2.05) is 31.4 Å². The lowest BCUT2D eigenvalue weighted by atomic mass is 9.97. The molecule has 1 saturated heterocycles. The quantitative estimate of drug-likeness (QED) is 0.717. The molecule has 1 aliphatic rings. The van der Waals surface area contributed by atoms with Crippen molar-refractivity contribution >= 4 is 23.1 Å². The van der Waals surface area contributed by atoms with Gasteiger partial charge in [0.25, 0.3) is 0 Å². The van der Waals surface area contributed by atoms with Crippen molar-refractivity contribution in [1.82, 2.24) is 14.5 Å². The number of benzene rings is 1. The third-order valence-electron chi connectivity index (χ3n) is 5.20. The van der Waals surface area contributed by atoms with Crippen molar-refractivity contribution in [3.8, 4) is 0 Å². The van der Waals surface area contributed by atoms with Crippen LogP contribution in [0.3, 0.4) is 0 Å². The van der Waals surface area contributed by atoms with Crippen molar-refractivity contribution in [3.05, 3.63) is 29.6 Å². The number of hydrogen-bond acceptors (Lipinski definition) is 5. The van der Waals surface area contributed by atoms with Gasteiger partial charge in [0.2, 0.25) is 0 Å². The number of nitrogens with zero attached hydrogens (tertiary/aromatic N) is 3. The summed E-state index contributed by atoms with van der Waals surface area (Å²) in [6.07, 6.45) is 2.15. The molecule has 1 fully saturated rings. The van der Waals surface area contributed by atoms with Gasteiger partial charge in [0.15, 0.2) is 0 Å². The summed E-state index contributed by atoms with van der Waals surface area (Å²) in [7, 11) is 1.65. The van der Waals surface area contributed by atoms with Gasteiger partial charge in [-0.1, -0.05) is 6.07 Å². The van der Waals surface area contributed by atoms with Crippen LogP contribution in [0.2, 0.25) is 0 Å². The first-order chi connectivity index (χ1) is 14.2. The molecule has 1 atom stereocenters. The molecule has 8 heteroatoms. The number of carbonyl (C=O) groups excluding carboxylic acids is 1. The van der Waals surface area contributed by atoms with Gasteiger partial charge in [-0.15, -0.1) is 0 Å². The van der Waals surface area contributed by atoms with E-state index in [1.54, 1.807) is 24.1 Å². The zero-order valence-electron chi connectivity index (χ0n) is 18.2. The molecule has 30 heavy (non-hydrogen) atoms. The smallest absolute Gasteiger partial charge is 0.410 e. The van der Waals surface area contributed by atoms with Gasteiger partial charge in [0.1, 0.15) is 11.4 Å². The van der Waals surface area contributed by atoms with E-state index in [0.29, 0.717) is 37.3 Å². The fraction of sp³-hybridized carbons (Fsp3) is 0.591. The highest BCUT2D eigenvalue weighted by Crippen LogP contribution is 2.31. The summed E-state index contributed by atoms with van der Waals surface area (Å²) < 4.78 is 12.7. The van der Waals surface area contributed by atoms with Crippen molar-refractivity contribution in [2.24, 2.45) is 0 Å². The fourth-order valence-corrected chi connectivity index (χ4v) is 3.96. The molecule has 0 aliphatic carbocycles. The Morgan fingerprint density at radius 2 is 2.07 bits per heavy atom. The van der Waals surface area contributed by atoms with Gasteiger partial charge in [-0.05, 0) is 52.2 Å². The molecule has 1 N–H and O–H groups in total. The molecule has 1 aliphatic heterocycles. The fourth-order valence-electron chi connectivity index (χ4n) is 3.96. The van der Waals surface area contributed by atoms with Crippen LogP contribution in [0.4, 0.5) is 4.79 Å². The van der Waals surface area contributed by atoms with E-state index in [2.05, 4.69) is 0 Å². The molecular weight excluding hydrogens is 386 g/mol. The molecule has 1 aromatic carbocycles. The van der Waals surface area contributed by atoms with Crippen LogP contribution in [-0.2, 0) is 16.0 Å². The van der Waals surface area contributed by atoms with Crippen molar-refractivity contribution in [3.63, 3.8) is 0 Å². The van der Waals surface area contributed by atoms with Crippen LogP contribution in [0.5, 0.6) is 0 Å². The lowest BCUT2D eigenvalue weighted by molar-refractivity contribution is 0.0195. The zero-order valence-corrected chi connectivity index (χ0v) is 18.2. The van der Waals surface area contributed by atoms with Crippen LogP contribution in [0.15, 0.2) is 18.2 Å². The van der Waals surface area contributed by atoms with E-state index in [1.165, 1.54) is 0 Å². The number of amides is 1. The first-order valence-corrected chi connectivity index (χ1v) is 10.4. The third kappa shape index (κ3) is 4.92. The summed E-state index contributed by atoms with van der Waals surface area (Å²) in [5, 5.41) is 9.69. The van der Waals surface area contributed by atoms with Gasteiger partial charge in [0.05, 0.1) is 16.6 Å².